The Morgan fingerprint density at radius 3 is 2.55 bits per heavy atom. The van der Waals surface area contributed by atoms with Gasteiger partial charge in [0.05, 0.1) is 10.6 Å². The highest BCUT2D eigenvalue weighted by Gasteiger charge is 2.32. The number of hydrogen-bond donors (Lipinski definition) is 3. The van der Waals surface area contributed by atoms with E-state index < -0.39 is 10.2 Å². The zero-order valence-corrected chi connectivity index (χ0v) is 15.9. The van der Waals surface area contributed by atoms with E-state index in [0.717, 1.165) is 11.8 Å². The van der Waals surface area contributed by atoms with Crippen LogP contribution in [0.15, 0.2) is 66.3 Å². The van der Waals surface area contributed by atoms with Gasteiger partial charge < -0.3 is 10.6 Å². The largest absolute Gasteiger partial charge is 0.326 e. The van der Waals surface area contributed by atoms with Gasteiger partial charge in [0, 0.05) is 24.2 Å². The summed E-state index contributed by atoms with van der Waals surface area (Å²) in [7, 11) is 0. The van der Waals surface area contributed by atoms with Crippen LogP contribution in [0.5, 0.6) is 0 Å². The highest BCUT2D eigenvalue weighted by molar-refractivity contribution is 8.15. The lowest BCUT2D eigenvalue weighted by atomic mass is 10.1. The number of nitro benzene ring substituents is 1. The number of thioether (sulfide) groups is 1. The van der Waals surface area contributed by atoms with E-state index in [-0.39, 0.29) is 23.9 Å². The Kier molecular flexibility index (Phi) is 6.25. The number of hydrogen-bond acceptors (Lipinski definition) is 7. The molecule has 0 bridgehead atoms. The smallest absolute Gasteiger partial charge is 0.269 e. The van der Waals surface area contributed by atoms with Gasteiger partial charge in [0.15, 0.2) is 5.17 Å². The number of nitro groups is 1. The van der Waals surface area contributed by atoms with Crippen molar-refractivity contribution in [2.24, 2.45) is 5.10 Å². The first-order chi connectivity index (χ1) is 13.9. The molecule has 1 saturated heterocycles. The van der Waals surface area contributed by atoms with Gasteiger partial charge in [0.25, 0.3) is 5.69 Å². The predicted octanol–water partition coefficient (Wildman–Crippen LogP) is 2.69. The van der Waals surface area contributed by atoms with E-state index >= 15 is 0 Å². The Morgan fingerprint density at radius 1 is 1.21 bits per heavy atom. The molecule has 3 rings (SSSR count). The van der Waals surface area contributed by atoms with Gasteiger partial charge >= 0.3 is 0 Å². The van der Waals surface area contributed by atoms with Gasteiger partial charge in [-0.25, -0.2) is 0 Å². The van der Waals surface area contributed by atoms with Crippen molar-refractivity contribution in [2.45, 2.75) is 11.7 Å². The summed E-state index contributed by atoms with van der Waals surface area (Å²) in [4.78, 5) is 34.4. The third-order valence-electron chi connectivity index (χ3n) is 3.92. The van der Waals surface area contributed by atoms with Crippen LogP contribution in [0.25, 0.3) is 5.70 Å². The lowest BCUT2D eigenvalue weighted by molar-refractivity contribution is -0.384. The zero-order valence-electron chi connectivity index (χ0n) is 15.1. The van der Waals surface area contributed by atoms with Crippen LogP contribution in [-0.2, 0) is 9.59 Å². The molecule has 1 heterocycles. The van der Waals surface area contributed by atoms with Crippen LogP contribution >= 0.6 is 11.8 Å². The second-order valence-electron chi connectivity index (χ2n) is 6.03. The maximum Gasteiger partial charge on any atom is 0.269 e. The second kappa shape index (κ2) is 9.02. The molecule has 1 aliphatic rings. The van der Waals surface area contributed by atoms with Gasteiger partial charge in [-0.3, -0.25) is 25.1 Å². The first kappa shape index (κ1) is 20.1. The molecule has 29 heavy (non-hydrogen) atoms. The third kappa shape index (κ3) is 5.42. The fourth-order valence-electron chi connectivity index (χ4n) is 2.46. The van der Waals surface area contributed by atoms with Crippen molar-refractivity contribution in [1.29, 1.82) is 0 Å². The molecule has 148 valence electrons. The van der Waals surface area contributed by atoms with Crippen LogP contribution in [0.3, 0.4) is 0 Å². The van der Waals surface area contributed by atoms with Gasteiger partial charge in [0.1, 0.15) is 5.25 Å². The first-order valence-corrected chi connectivity index (χ1v) is 9.40. The van der Waals surface area contributed by atoms with Gasteiger partial charge in [-0.15, -0.1) is 5.10 Å². The summed E-state index contributed by atoms with van der Waals surface area (Å²) in [6, 6.07) is 14.8. The van der Waals surface area contributed by atoms with Gasteiger partial charge in [-0.05, 0) is 29.8 Å². The van der Waals surface area contributed by atoms with Crippen molar-refractivity contribution in [3.63, 3.8) is 0 Å². The molecule has 2 amide bonds. The number of non-ortho nitro benzene ring substituents is 1. The normalized spacial score (nSPS) is 16.9. The van der Waals surface area contributed by atoms with E-state index in [1.807, 2.05) is 6.07 Å². The molecule has 2 aromatic carbocycles. The number of carbonyl (C=O) groups is 2. The Hall–Kier alpha value is -3.66. The number of amides is 2. The van der Waals surface area contributed by atoms with E-state index in [4.69, 9.17) is 0 Å². The van der Waals surface area contributed by atoms with Crippen LogP contribution in [0.2, 0.25) is 0 Å². The Bertz CT molecular complexity index is 976. The molecule has 1 aliphatic heterocycles. The van der Waals surface area contributed by atoms with Crippen LogP contribution in [0.1, 0.15) is 12.0 Å². The molecule has 0 saturated carbocycles. The van der Waals surface area contributed by atoms with E-state index in [0.29, 0.717) is 22.1 Å². The van der Waals surface area contributed by atoms with Crippen LogP contribution in [0.4, 0.5) is 11.4 Å². The Morgan fingerprint density at radius 2 is 1.90 bits per heavy atom. The summed E-state index contributed by atoms with van der Waals surface area (Å²) in [5.41, 5.74) is 4.38. The summed E-state index contributed by atoms with van der Waals surface area (Å²) in [5.74, 6) is -0.576. The van der Waals surface area contributed by atoms with E-state index in [1.165, 1.54) is 12.1 Å². The van der Waals surface area contributed by atoms with Crippen molar-refractivity contribution in [2.75, 3.05) is 5.32 Å². The van der Waals surface area contributed by atoms with Crippen molar-refractivity contribution in [1.82, 2.24) is 10.7 Å². The molecule has 0 unspecified atom stereocenters. The number of anilines is 1. The third-order valence-corrected chi connectivity index (χ3v) is 5.01. The van der Waals surface area contributed by atoms with E-state index in [9.17, 15) is 19.7 Å². The molecule has 1 fully saturated rings. The number of benzene rings is 2. The molecule has 0 radical (unpaired) electrons. The molecule has 2 aromatic rings. The van der Waals surface area contributed by atoms with Crippen LogP contribution in [0, 0.1) is 10.1 Å². The maximum atomic E-state index is 12.1. The fraction of sp³-hybridized carbons (Fsp3) is 0.105. The average Bonchev–Trinajstić information content (AvgIpc) is 3.06. The van der Waals surface area contributed by atoms with Crippen LogP contribution in [-0.4, -0.2) is 27.2 Å². The predicted molar refractivity (Wildman–Crippen MR) is 112 cm³/mol. The number of amidine groups is 1. The minimum absolute atomic E-state index is 0.00765. The molecule has 9 nitrogen and oxygen atoms in total. The molecule has 0 spiro atoms. The van der Waals surface area contributed by atoms with E-state index in [1.54, 1.807) is 36.4 Å². The first-order valence-electron chi connectivity index (χ1n) is 8.52. The molecular weight excluding hydrogens is 394 g/mol. The zero-order chi connectivity index (χ0) is 20.8. The minimum Gasteiger partial charge on any atom is -0.326 e. The molecule has 3 N–H and O–H groups in total. The van der Waals surface area contributed by atoms with Crippen molar-refractivity contribution >= 4 is 45.8 Å². The summed E-state index contributed by atoms with van der Waals surface area (Å²) < 4.78 is 0. The Labute approximate surface area is 170 Å². The SMILES string of the molecule is C=C(N/N=C1/NC(=O)[C@@H](CC(=O)Nc2ccccc2)S1)c1ccc([N+](=O)[O-])cc1. The Balaban J connectivity index is 1.53. The lowest BCUT2D eigenvalue weighted by Crippen LogP contribution is -2.28. The summed E-state index contributed by atoms with van der Waals surface area (Å²) >= 11 is 1.14. The number of nitrogens with zero attached hydrogens (tertiary/aromatic N) is 2. The molecule has 0 aliphatic carbocycles. The number of nitrogens with one attached hydrogen (secondary N) is 3. The summed E-state index contributed by atoms with van der Waals surface area (Å²) in [6.07, 6.45) is 0.00765. The monoisotopic (exact) mass is 411 g/mol. The van der Waals surface area contributed by atoms with Gasteiger partial charge in [0.2, 0.25) is 11.8 Å². The molecule has 0 aromatic heterocycles. The molecule has 10 heteroatoms. The molecular formula is C19H17N5O4S. The number of hydrazone groups is 1. The molecule has 1 atom stereocenters. The van der Waals surface area contributed by atoms with Crippen molar-refractivity contribution < 1.29 is 14.5 Å². The minimum atomic E-state index is -0.591. The van der Waals surface area contributed by atoms with Crippen molar-refractivity contribution in [3.8, 4) is 0 Å². The van der Waals surface area contributed by atoms with Gasteiger partial charge in [-0.1, -0.05) is 36.5 Å². The fourth-order valence-corrected chi connectivity index (χ4v) is 3.39. The topological polar surface area (TPSA) is 126 Å². The highest BCUT2D eigenvalue weighted by atomic mass is 32.2. The number of rotatable bonds is 7. The quantitative estimate of drug-likeness (QED) is 0.475. The van der Waals surface area contributed by atoms with Gasteiger partial charge in [-0.2, -0.15) is 0 Å². The lowest BCUT2D eigenvalue weighted by Gasteiger charge is -2.07. The standard InChI is InChI=1S/C19H17N5O4S/c1-12(13-7-9-15(10-8-13)24(27)28)22-23-19-21-18(26)16(29-19)11-17(25)20-14-5-3-2-4-6-14/h2-10,16,22H,1,11H2,(H,20,25)(H,21,23,26)/t16-/m1/s1. The summed E-state index contributed by atoms with van der Waals surface area (Å²) in [5, 5.41) is 19.8. The average molecular weight is 411 g/mol. The van der Waals surface area contributed by atoms with E-state index in [2.05, 4.69) is 27.7 Å². The van der Waals surface area contributed by atoms with Crippen molar-refractivity contribution in [3.05, 3.63) is 76.9 Å². The summed E-state index contributed by atoms with van der Waals surface area (Å²) in [6.45, 7) is 3.82. The number of para-hydroxylation sites is 1. The highest BCUT2D eigenvalue weighted by Crippen LogP contribution is 2.23. The maximum absolute atomic E-state index is 12.1. The van der Waals surface area contributed by atoms with Crippen LogP contribution < -0.4 is 16.1 Å². The number of carbonyl (C=O) groups excluding carboxylic acids is 2. The second-order valence-corrected chi connectivity index (χ2v) is 7.22.